The molecule has 0 aromatic carbocycles. The summed E-state index contributed by atoms with van der Waals surface area (Å²) in [5.74, 6) is 5.38. The van der Waals surface area contributed by atoms with Gasteiger partial charge in [0.15, 0.2) is 0 Å². The van der Waals surface area contributed by atoms with Crippen LogP contribution in [0.4, 0.5) is 0 Å². The molecule has 2 heterocycles. The standard InChI is InChI=1S/C9H15N4O9P/c1-11-8(16)12(3-13(10)9(11)17)7-6(15)5(14)4(22-7)2-21-23(18,19)20/h3-7,14-15H,2,10H2,1H3,(H-,18,19,20)/p+1/t4-,5-,6-,7-/m1/s1. The highest BCUT2D eigenvalue weighted by Gasteiger charge is 2.47. The minimum atomic E-state index is -4.80. The number of aromatic nitrogens is 3. The second kappa shape index (κ2) is 6.13. The molecular formula is C9H16N4O9P+. The summed E-state index contributed by atoms with van der Waals surface area (Å²) in [5, 5.41) is 19.8. The summed E-state index contributed by atoms with van der Waals surface area (Å²) >= 11 is 0. The van der Waals surface area contributed by atoms with Gasteiger partial charge in [-0.05, 0) is 0 Å². The lowest BCUT2D eigenvalue weighted by atomic mass is 10.1. The fraction of sp³-hybridized carbons (Fsp3) is 0.667. The van der Waals surface area contributed by atoms with E-state index in [0.29, 0.717) is 9.24 Å². The fourth-order valence-corrected chi connectivity index (χ4v) is 2.44. The molecule has 0 saturated carbocycles. The Labute approximate surface area is 127 Å². The van der Waals surface area contributed by atoms with Gasteiger partial charge in [0.1, 0.15) is 18.3 Å². The van der Waals surface area contributed by atoms with Crippen molar-refractivity contribution in [3.63, 3.8) is 0 Å². The Morgan fingerprint density at radius 2 is 2.00 bits per heavy atom. The summed E-state index contributed by atoms with van der Waals surface area (Å²) in [6.07, 6.45) is -5.06. The van der Waals surface area contributed by atoms with Crippen molar-refractivity contribution in [2.24, 2.45) is 7.05 Å². The van der Waals surface area contributed by atoms with Gasteiger partial charge in [0.05, 0.1) is 13.7 Å². The molecule has 0 radical (unpaired) electrons. The lowest BCUT2D eigenvalue weighted by Gasteiger charge is -2.14. The molecule has 1 aliphatic rings. The molecule has 6 N–H and O–H groups in total. The molecule has 14 heteroatoms. The van der Waals surface area contributed by atoms with Gasteiger partial charge in [-0.3, -0.25) is 10.4 Å². The van der Waals surface area contributed by atoms with Gasteiger partial charge in [-0.15, -0.1) is 4.68 Å². The van der Waals surface area contributed by atoms with Crippen molar-refractivity contribution in [1.82, 2.24) is 9.24 Å². The molecule has 0 amide bonds. The van der Waals surface area contributed by atoms with E-state index < -0.39 is 50.3 Å². The van der Waals surface area contributed by atoms with Gasteiger partial charge in [-0.2, -0.15) is 9.13 Å². The van der Waals surface area contributed by atoms with E-state index in [-0.39, 0.29) is 0 Å². The topological polar surface area (TPSA) is 190 Å². The molecule has 1 aromatic rings. The van der Waals surface area contributed by atoms with Crippen molar-refractivity contribution in [3.05, 3.63) is 27.3 Å². The minimum Gasteiger partial charge on any atom is -0.387 e. The number of phosphoric ester groups is 1. The summed E-state index contributed by atoms with van der Waals surface area (Å²) in [6.45, 7) is -0.720. The monoisotopic (exact) mass is 355 g/mol. The van der Waals surface area contributed by atoms with Crippen molar-refractivity contribution in [2.45, 2.75) is 24.5 Å². The second-order valence-corrected chi connectivity index (χ2v) is 6.13. The molecular weight excluding hydrogens is 339 g/mol. The van der Waals surface area contributed by atoms with Crippen LogP contribution in [0.15, 0.2) is 15.9 Å². The van der Waals surface area contributed by atoms with Crippen LogP contribution in [-0.2, 0) is 20.9 Å². The number of nitrogens with two attached hydrogens (primary N) is 1. The maximum atomic E-state index is 12.0. The van der Waals surface area contributed by atoms with Crippen LogP contribution in [0.2, 0.25) is 0 Å². The number of hydrogen-bond acceptors (Lipinski definition) is 8. The van der Waals surface area contributed by atoms with E-state index in [1.54, 1.807) is 0 Å². The first-order valence-corrected chi connectivity index (χ1v) is 7.76. The summed E-state index contributed by atoms with van der Waals surface area (Å²) in [4.78, 5) is 40.8. The average molecular weight is 355 g/mol. The molecule has 0 bridgehead atoms. The first kappa shape index (κ1) is 17.7. The van der Waals surface area contributed by atoms with E-state index >= 15 is 0 Å². The highest BCUT2D eigenvalue weighted by atomic mass is 31.2. The zero-order valence-corrected chi connectivity index (χ0v) is 12.7. The van der Waals surface area contributed by atoms with E-state index in [0.717, 1.165) is 17.9 Å². The van der Waals surface area contributed by atoms with Crippen molar-refractivity contribution >= 4 is 7.82 Å². The molecule has 2 rings (SSSR count). The predicted octanol–water partition coefficient (Wildman–Crippen LogP) is -4.72. The van der Waals surface area contributed by atoms with Gasteiger partial charge in [-0.25, -0.2) is 14.2 Å². The third kappa shape index (κ3) is 3.50. The number of hydrogen-bond donors (Lipinski definition) is 5. The van der Waals surface area contributed by atoms with E-state index in [1.165, 1.54) is 0 Å². The van der Waals surface area contributed by atoms with Gasteiger partial charge >= 0.3 is 19.2 Å². The van der Waals surface area contributed by atoms with E-state index in [4.69, 9.17) is 20.4 Å². The van der Waals surface area contributed by atoms with Gasteiger partial charge in [0.25, 0.3) is 0 Å². The SMILES string of the molecule is Cn1c(=O)n(N)c[n+]([C@@H]2O[C@H](COP(=O)(O)O)[C@@H](O)[C@H]2O)c1=O. The quantitative estimate of drug-likeness (QED) is 0.199. The van der Waals surface area contributed by atoms with Crippen LogP contribution in [0, 0.1) is 0 Å². The van der Waals surface area contributed by atoms with Crippen molar-refractivity contribution in [1.29, 1.82) is 0 Å². The molecule has 1 fully saturated rings. The van der Waals surface area contributed by atoms with Crippen LogP contribution in [0.5, 0.6) is 0 Å². The molecule has 130 valence electrons. The van der Waals surface area contributed by atoms with Crippen LogP contribution >= 0.6 is 7.82 Å². The average Bonchev–Trinajstić information content (AvgIpc) is 2.74. The number of aliphatic hydroxyl groups is 2. The Balaban J connectivity index is 2.30. The smallest absolute Gasteiger partial charge is 0.387 e. The summed E-state index contributed by atoms with van der Waals surface area (Å²) < 4.78 is 22.1. The number of nitrogen functional groups attached to an aromatic ring is 1. The van der Waals surface area contributed by atoms with E-state index in [9.17, 15) is 24.4 Å². The highest BCUT2D eigenvalue weighted by Crippen LogP contribution is 2.37. The van der Waals surface area contributed by atoms with E-state index in [2.05, 4.69) is 4.52 Å². The van der Waals surface area contributed by atoms with Crippen LogP contribution in [0.1, 0.15) is 6.23 Å². The Morgan fingerprint density at radius 1 is 1.39 bits per heavy atom. The number of rotatable bonds is 4. The fourth-order valence-electron chi connectivity index (χ4n) is 2.10. The Bertz CT molecular complexity index is 754. The third-order valence-corrected chi connectivity index (χ3v) is 3.77. The van der Waals surface area contributed by atoms with E-state index in [1.807, 2.05) is 0 Å². The molecule has 0 spiro atoms. The molecule has 13 nitrogen and oxygen atoms in total. The predicted molar refractivity (Wildman–Crippen MR) is 70.2 cm³/mol. The highest BCUT2D eigenvalue weighted by molar-refractivity contribution is 7.46. The summed E-state index contributed by atoms with van der Waals surface area (Å²) in [5.41, 5.74) is -1.69. The molecule has 4 atom stereocenters. The number of nitrogens with zero attached hydrogens (tertiary/aromatic N) is 3. The molecule has 1 saturated heterocycles. The van der Waals surface area contributed by atoms with Crippen LogP contribution in [0.3, 0.4) is 0 Å². The molecule has 23 heavy (non-hydrogen) atoms. The minimum absolute atomic E-state index is 0.573. The zero-order chi connectivity index (χ0) is 17.5. The number of ether oxygens (including phenoxy) is 1. The molecule has 0 unspecified atom stereocenters. The van der Waals surface area contributed by atoms with Crippen LogP contribution < -0.4 is 21.8 Å². The Morgan fingerprint density at radius 3 is 2.57 bits per heavy atom. The first-order valence-electron chi connectivity index (χ1n) is 6.23. The maximum absolute atomic E-state index is 12.0. The lowest BCUT2D eigenvalue weighted by Crippen LogP contribution is -2.65. The molecule has 0 aliphatic carbocycles. The molecule has 1 aliphatic heterocycles. The van der Waals surface area contributed by atoms with Gasteiger partial charge < -0.3 is 24.7 Å². The number of phosphoric acid groups is 1. The van der Waals surface area contributed by atoms with Gasteiger partial charge in [-0.1, -0.05) is 0 Å². The third-order valence-electron chi connectivity index (χ3n) is 3.28. The van der Waals surface area contributed by atoms with Crippen molar-refractivity contribution in [2.75, 3.05) is 12.4 Å². The number of aliphatic hydroxyl groups excluding tert-OH is 2. The Hall–Kier alpha value is -1.60. The van der Waals surface area contributed by atoms with Gasteiger partial charge in [0.2, 0.25) is 12.6 Å². The van der Waals surface area contributed by atoms with Crippen LogP contribution in [0.25, 0.3) is 0 Å². The zero-order valence-electron chi connectivity index (χ0n) is 11.8. The Kier molecular flexibility index (Phi) is 4.73. The van der Waals surface area contributed by atoms with Crippen molar-refractivity contribution in [3.8, 4) is 0 Å². The first-order chi connectivity index (χ1) is 10.5. The molecule has 1 aromatic heterocycles. The lowest BCUT2D eigenvalue weighted by molar-refractivity contribution is -0.784. The van der Waals surface area contributed by atoms with Crippen LogP contribution in [-0.4, -0.2) is 54.2 Å². The maximum Gasteiger partial charge on any atom is 0.469 e. The summed E-state index contributed by atoms with van der Waals surface area (Å²) in [6, 6.07) is 0. The normalized spacial score (nSPS) is 28.2. The van der Waals surface area contributed by atoms with Crippen molar-refractivity contribution < 1.29 is 38.4 Å². The largest absolute Gasteiger partial charge is 0.469 e. The second-order valence-electron chi connectivity index (χ2n) is 4.89. The summed E-state index contributed by atoms with van der Waals surface area (Å²) in [7, 11) is -3.65. The van der Waals surface area contributed by atoms with Gasteiger partial charge in [0, 0.05) is 0 Å².